The van der Waals surface area contributed by atoms with Crippen LogP contribution in [-0.2, 0) is 0 Å². The maximum absolute atomic E-state index is 3.29. The van der Waals surface area contributed by atoms with Gasteiger partial charge in [0.1, 0.15) is 0 Å². The van der Waals surface area contributed by atoms with E-state index in [0.717, 1.165) is 12.5 Å². The largest absolute Gasteiger partial charge is 0.320 e. The van der Waals surface area contributed by atoms with Gasteiger partial charge in [0.25, 0.3) is 0 Å². The van der Waals surface area contributed by atoms with Gasteiger partial charge in [0.15, 0.2) is 0 Å². The highest BCUT2D eigenvalue weighted by atomic mass is 15.3. The summed E-state index contributed by atoms with van der Waals surface area (Å²) in [4.78, 5) is 5.20. The lowest BCUT2D eigenvalue weighted by Crippen LogP contribution is -2.51. The van der Waals surface area contributed by atoms with Crippen molar-refractivity contribution >= 4 is 0 Å². The van der Waals surface area contributed by atoms with Gasteiger partial charge in [0.2, 0.25) is 0 Å². The monoisotopic (exact) mass is 241 g/mol. The normalized spacial score (nSPS) is 29.3. The Bertz CT molecular complexity index is 222. The summed E-state index contributed by atoms with van der Waals surface area (Å²) in [5.74, 6) is 0.763. The molecule has 1 aliphatic rings. The Labute approximate surface area is 108 Å². The average Bonchev–Trinajstić information content (AvgIpc) is 2.32. The molecule has 1 fully saturated rings. The first-order valence-corrected chi connectivity index (χ1v) is 6.94. The number of likely N-dealkylation sites (N-methyl/N-ethyl adjacent to an activating group) is 1. The molecule has 102 valence electrons. The first kappa shape index (κ1) is 14.9. The van der Waals surface area contributed by atoms with Gasteiger partial charge in [0, 0.05) is 31.2 Å². The zero-order valence-corrected chi connectivity index (χ0v) is 12.6. The van der Waals surface area contributed by atoms with E-state index in [2.05, 4.69) is 49.9 Å². The van der Waals surface area contributed by atoms with Crippen molar-refractivity contribution in [2.45, 2.75) is 45.7 Å². The van der Waals surface area contributed by atoms with Gasteiger partial charge in [-0.05, 0) is 53.8 Å². The summed E-state index contributed by atoms with van der Waals surface area (Å²) < 4.78 is 0. The molecule has 0 aromatic heterocycles. The molecule has 2 atom stereocenters. The Morgan fingerprint density at radius 2 is 1.82 bits per heavy atom. The minimum absolute atomic E-state index is 0.276. The van der Waals surface area contributed by atoms with Crippen LogP contribution in [-0.4, -0.2) is 61.7 Å². The SMILES string of the molecule is CNCCC1CN(C)CC(C)CN1C(C)(C)C. The van der Waals surface area contributed by atoms with Crippen LogP contribution in [0.25, 0.3) is 0 Å². The molecule has 0 radical (unpaired) electrons. The van der Waals surface area contributed by atoms with Crippen molar-refractivity contribution in [2.75, 3.05) is 40.3 Å². The fraction of sp³-hybridized carbons (Fsp3) is 1.00. The Hall–Kier alpha value is -0.120. The summed E-state index contributed by atoms with van der Waals surface area (Å²) in [5, 5.41) is 3.29. The topological polar surface area (TPSA) is 18.5 Å². The highest BCUT2D eigenvalue weighted by Gasteiger charge is 2.33. The maximum atomic E-state index is 3.29. The molecule has 3 nitrogen and oxygen atoms in total. The molecule has 0 amide bonds. The summed E-state index contributed by atoms with van der Waals surface area (Å²) in [5.41, 5.74) is 0.276. The molecule has 1 N–H and O–H groups in total. The first-order chi connectivity index (χ1) is 7.84. The molecule has 0 saturated carbocycles. The molecule has 0 aromatic rings. The van der Waals surface area contributed by atoms with Crippen molar-refractivity contribution in [3.8, 4) is 0 Å². The first-order valence-electron chi connectivity index (χ1n) is 6.94. The molecule has 1 aliphatic heterocycles. The highest BCUT2D eigenvalue weighted by Crippen LogP contribution is 2.24. The zero-order valence-electron chi connectivity index (χ0n) is 12.6. The van der Waals surface area contributed by atoms with Crippen molar-refractivity contribution in [1.29, 1.82) is 0 Å². The van der Waals surface area contributed by atoms with Gasteiger partial charge in [-0.3, -0.25) is 4.90 Å². The van der Waals surface area contributed by atoms with Crippen LogP contribution in [0.5, 0.6) is 0 Å². The van der Waals surface area contributed by atoms with E-state index in [-0.39, 0.29) is 5.54 Å². The summed E-state index contributed by atoms with van der Waals surface area (Å²) in [6, 6.07) is 0.678. The number of nitrogens with one attached hydrogen (secondary N) is 1. The van der Waals surface area contributed by atoms with E-state index in [1.165, 1.54) is 26.1 Å². The molecule has 0 spiro atoms. The number of rotatable bonds is 3. The highest BCUT2D eigenvalue weighted by molar-refractivity contribution is 4.89. The van der Waals surface area contributed by atoms with Gasteiger partial charge in [-0.15, -0.1) is 0 Å². The number of nitrogens with zero attached hydrogens (tertiary/aromatic N) is 2. The van der Waals surface area contributed by atoms with E-state index in [4.69, 9.17) is 0 Å². The van der Waals surface area contributed by atoms with Crippen molar-refractivity contribution in [1.82, 2.24) is 15.1 Å². The minimum atomic E-state index is 0.276. The van der Waals surface area contributed by atoms with E-state index in [0.29, 0.717) is 6.04 Å². The maximum Gasteiger partial charge on any atom is 0.0240 e. The van der Waals surface area contributed by atoms with E-state index in [1.54, 1.807) is 0 Å². The van der Waals surface area contributed by atoms with E-state index in [9.17, 15) is 0 Å². The Kier molecular flexibility index (Phi) is 5.42. The second-order valence-electron chi connectivity index (χ2n) is 6.70. The average molecular weight is 241 g/mol. The van der Waals surface area contributed by atoms with Crippen LogP contribution >= 0.6 is 0 Å². The van der Waals surface area contributed by atoms with Crippen LogP contribution in [0, 0.1) is 5.92 Å². The Morgan fingerprint density at radius 3 is 2.35 bits per heavy atom. The summed E-state index contributed by atoms with van der Waals surface area (Å²) in [7, 11) is 4.31. The summed E-state index contributed by atoms with van der Waals surface area (Å²) in [6.07, 6.45) is 1.24. The molecular weight excluding hydrogens is 210 g/mol. The molecular formula is C14H31N3. The smallest absolute Gasteiger partial charge is 0.0240 e. The van der Waals surface area contributed by atoms with Gasteiger partial charge < -0.3 is 10.2 Å². The van der Waals surface area contributed by atoms with Crippen molar-refractivity contribution in [3.63, 3.8) is 0 Å². The molecule has 1 rings (SSSR count). The second kappa shape index (κ2) is 6.17. The minimum Gasteiger partial charge on any atom is -0.320 e. The lowest BCUT2D eigenvalue weighted by atomic mass is 9.99. The van der Waals surface area contributed by atoms with Gasteiger partial charge in [-0.2, -0.15) is 0 Å². The van der Waals surface area contributed by atoms with Crippen LogP contribution in [0.4, 0.5) is 0 Å². The summed E-state index contributed by atoms with van der Waals surface area (Å²) >= 11 is 0. The van der Waals surface area contributed by atoms with Crippen LogP contribution < -0.4 is 5.32 Å². The van der Waals surface area contributed by atoms with E-state index < -0.39 is 0 Å². The van der Waals surface area contributed by atoms with Gasteiger partial charge in [-0.25, -0.2) is 0 Å². The van der Waals surface area contributed by atoms with Gasteiger partial charge in [-0.1, -0.05) is 6.92 Å². The van der Waals surface area contributed by atoms with Crippen molar-refractivity contribution in [2.24, 2.45) is 5.92 Å². The van der Waals surface area contributed by atoms with Gasteiger partial charge >= 0.3 is 0 Å². The van der Waals surface area contributed by atoms with Crippen molar-refractivity contribution in [3.05, 3.63) is 0 Å². The zero-order chi connectivity index (χ0) is 13.1. The fourth-order valence-corrected chi connectivity index (χ4v) is 2.99. The third kappa shape index (κ3) is 4.57. The molecule has 0 aromatic carbocycles. The molecule has 0 bridgehead atoms. The lowest BCUT2D eigenvalue weighted by molar-refractivity contribution is 0.0709. The van der Waals surface area contributed by atoms with E-state index in [1.807, 2.05) is 7.05 Å². The molecule has 0 aliphatic carbocycles. The van der Waals surface area contributed by atoms with Crippen LogP contribution in [0.3, 0.4) is 0 Å². The lowest BCUT2D eigenvalue weighted by Gasteiger charge is -2.41. The standard InChI is InChI=1S/C14H31N3/c1-12-9-16(6)11-13(7-8-15-5)17(10-12)14(2,3)4/h12-13,15H,7-11H2,1-6H3. The predicted molar refractivity (Wildman–Crippen MR) is 75.5 cm³/mol. The van der Waals surface area contributed by atoms with Gasteiger partial charge in [0.05, 0.1) is 0 Å². The molecule has 1 heterocycles. The second-order valence-corrected chi connectivity index (χ2v) is 6.70. The molecule has 3 heteroatoms. The number of hydrogen-bond donors (Lipinski definition) is 1. The molecule has 17 heavy (non-hydrogen) atoms. The fourth-order valence-electron chi connectivity index (χ4n) is 2.99. The third-order valence-corrected chi connectivity index (χ3v) is 3.68. The van der Waals surface area contributed by atoms with E-state index >= 15 is 0 Å². The quantitative estimate of drug-likeness (QED) is 0.810. The van der Waals surface area contributed by atoms with Crippen molar-refractivity contribution < 1.29 is 0 Å². The van der Waals surface area contributed by atoms with Crippen LogP contribution in [0.1, 0.15) is 34.1 Å². The summed E-state index contributed by atoms with van der Waals surface area (Å²) in [6.45, 7) is 14.2. The molecule has 1 saturated heterocycles. The third-order valence-electron chi connectivity index (χ3n) is 3.68. The Balaban J connectivity index is 2.77. The molecule has 2 unspecified atom stereocenters. The van der Waals surface area contributed by atoms with Crippen LogP contribution in [0.15, 0.2) is 0 Å². The Morgan fingerprint density at radius 1 is 1.18 bits per heavy atom. The van der Waals surface area contributed by atoms with Crippen LogP contribution in [0.2, 0.25) is 0 Å². The predicted octanol–water partition coefficient (Wildman–Crippen LogP) is 1.65. The number of hydrogen-bond acceptors (Lipinski definition) is 3.